The minimum atomic E-state index is -0.253. The van der Waals surface area contributed by atoms with Crippen molar-refractivity contribution in [1.29, 1.82) is 0 Å². The molecule has 2 aromatic rings. The molecular formula is C11H11BrN4O2. The molecule has 1 aromatic carbocycles. The number of amides is 1. The zero-order chi connectivity index (χ0) is 13.1. The number of hydrogen-bond donors (Lipinski definition) is 2. The molecule has 3 N–H and O–H groups in total. The highest BCUT2D eigenvalue weighted by Crippen LogP contribution is 2.19. The van der Waals surface area contributed by atoms with Crippen LogP contribution in [0.5, 0.6) is 0 Å². The summed E-state index contributed by atoms with van der Waals surface area (Å²) in [7, 11) is 0. The van der Waals surface area contributed by atoms with Crippen LogP contribution >= 0.6 is 15.9 Å². The van der Waals surface area contributed by atoms with Crippen molar-refractivity contribution in [2.45, 2.75) is 13.5 Å². The number of aryl methyl sites for hydroxylation is 1. The van der Waals surface area contributed by atoms with Gasteiger partial charge in [-0.25, -0.2) is 0 Å². The number of hydrogen-bond acceptors (Lipinski definition) is 5. The zero-order valence-electron chi connectivity index (χ0n) is 9.61. The van der Waals surface area contributed by atoms with E-state index in [1.807, 2.05) is 0 Å². The minimum absolute atomic E-state index is 0.206. The van der Waals surface area contributed by atoms with Gasteiger partial charge in [0.2, 0.25) is 5.89 Å². The fourth-order valence-corrected chi connectivity index (χ4v) is 1.81. The Bertz CT molecular complexity index is 582. The molecule has 0 bridgehead atoms. The van der Waals surface area contributed by atoms with Crippen LogP contribution in [0.25, 0.3) is 0 Å². The van der Waals surface area contributed by atoms with Crippen molar-refractivity contribution in [2.75, 3.05) is 5.73 Å². The van der Waals surface area contributed by atoms with Crippen molar-refractivity contribution < 1.29 is 9.32 Å². The van der Waals surface area contributed by atoms with E-state index in [1.165, 1.54) is 0 Å². The Balaban J connectivity index is 2.05. The van der Waals surface area contributed by atoms with Crippen LogP contribution in [0.2, 0.25) is 0 Å². The summed E-state index contributed by atoms with van der Waals surface area (Å²) in [5.41, 5.74) is 6.63. The Kier molecular flexibility index (Phi) is 3.61. The highest BCUT2D eigenvalue weighted by Gasteiger charge is 2.11. The molecule has 0 saturated heterocycles. The number of anilines is 1. The maximum Gasteiger partial charge on any atom is 0.252 e. The van der Waals surface area contributed by atoms with E-state index in [0.717, 1.165) is 0 Å². The van der Waals surface area contributed by atoms with Crippen LogP contribution in [-0.2, 0) is 6.54 Å². The average Bonchev–Trinajstić information content (AvgIpc) is 2.75. The van der Waals surface area contributed by atoms with Crippen molar-refractivity contribution in [3.63, 3.8) is 0 Å². The molecule has 7 heteroatoms. The van der Waals surface area contributed by atoms with Gasteiger partial charge in [-0.2, -0.15) is 4.98 Å². The van der Waals surface area contributed by atoms with E-state index in [2.05, 4.69) is 31.4 Å². The van der Waals surface area contributed by atoms with Gasteiger partial charge < -0.3 is 15.6 Å². The van der Waals surface area contributed by atoms with Crippen LogP contribution in [0.3, 0.4) is 0 Å². The predicted octanol–water partition coefficient (Wildman–Crippen LogP) is 1.65. The van der Waals surface area contributed by atoms with Crippen molar-refractivity contribution >= 4 is 27.5 Å². The average molecular weight is 311 g/mol. The van der Waals surface area contributed by atoms with E-state index in [4.69, 9.17) is 10.3 Å². The number of rotatable bonds is 3. The molecule has 0 atom stereocenters. The van der Waals surface area contributed by atoms with Crippen LogP contribution in [-0.4, -0.2) is 16.0 Å². The molecule has 2 rings (SSSR count). The van der Waals surface area contributed by atoms with E-state index >= 15 is 0 Å². The summed E-state index contributed by atoms with van der Waals surface area (Å²) in [6.45, 7) is 1.89. The number of nitrogens with one attached hydrogen (secondary N) is 1. The molecule has 0 unspecified atom stereocenters. The number of nitrogens with zero attached hydrogens (tertiary/aromatic N) is 2. The van der Waals surface area contributed by atoms with Crippen molar-refractivity contribution in [1.82, 2.24) is 15.5 Å². The number of carbonyl (C=O) groups excluding carboxylic acids is 1. The minimum Gasteiger partial charge on any atom is -0.399 e. The van der Waals surface area contributed by atoms with Crippen molar-refractivity contribution in [3.8, 4) is 0 Å². The lowest BCUT2D eigenvalue weighted by molar-refractivity contribution is 0.0949. The zero-order valence-corrected chi connectivity index (χ0v) is 11.2. The quantitative estimate of drug-likeness (QED) is 0.841. The first-order valence-electron chi connectivity index (χ1n) is 5.18. The van der Waals surface area contributed by atoms with Crippen molar-refractivity contribution in [2.24, 2.45) is 0 Å². The third-order valence-electron chi connectivity index (χ3n) is 2.21. The van der Waals surface area contributed by atoms with Crippen molar-refractivity contribution in [3.05, 3.63) is 40.0 Å². The van der Waals surface area contributed by atoms with E-state index in [0.29, 0.717) is 27.4 Å². The number of nitrogens with two attached hydrogens (primary N) is 1. The number of nitrogen functional groups attached to an aromatic ring is 1. The number of benzene rings is 1. The molecule has 0 spiro atoms. The predicted molar refractivity (Wildman–Crippen MR) is 68.8 cm³/mol. The van der Waals surface area contributed by atoms with E-state index in [9.17, 15) is 4.79 Å². The summed E-state index contributed by atoms with van der Waals surface area (Å²) in [4.78, 5) is 15.9. The number of carbonyl (C=O) groups is 1. The molecule has 1 heterocycles. The Morgan fingerprint density at radius 2 is 2.33 bits per heavy atom. The third kappa shape index (κ3) is 2.86. The van der Waals surface area contributed by atoms with Crippen LogP contribution in [0.15, 0.2) is 27.2 Å². The van der Waals surface area contributed by atoms with Crippen LogP contribution in [0.1, 0.15) is 22.1 Å². The van der Waals surface area contributed by atoms with Gasteiger partial charge in [0.25, 0.3) is 5.91 Å². The molecule has 18 heavy (non-hydrogen) atoms. The van der Waals surface area contributed by atoms with Crippen LogP contribution in [0, 0.1) is 6.92 Å². The Hall–Kier alpha value is -1.89. The summed E-state index contributed by atoms with van der Waals surface area (Å²) in [6.07, 6.45) is 0. The lowest BCUT2D eigenvalue weighted by Gasteiger charge is -2.05. The fourth-order valence-electron chi connectivity index (χ4n) is 1.38. The second-order valence-electron chi connectivity index (χ2n) is 3.65. The molecule has 0 fully saturated rings. The van der Waals surface area contributed by atoms with Gasteiger partial charge in [0.05, 0.1) is 12.1 Å². The highest BCUT2D eigenvalue weighted by molar-refractivity contribution is 9.10. The van der Waals surface area contributed by atoms with Gasteiger partial charge in [-0.05, 0) is 34.1 Å². The van der Waals surface area contributed by atoms with E-state index in [1.54, 1.807) is 25.1 Å². The molecule has 0 aliphatic heterocycles. The van der Waals surface area contributed by atoms with E-state index in [-0.39, 0.29) is 12.5 Å². The van der Waals surface area contributed by atoms with Gasteiger partial charge in [0.15, 0.2) is 5.82 Å². The van der Waals surface area contributed by atoms with E-state index < -0.39 is 0 Å². The molecule has 0 radical (unpaired) electrons. The van der Waals surface area contributed by atoms with Gasteiger partial charge in [0.1, 0.15) is 0 Å². The summed E-state index contributed by atoms with van der Waals surface area (Å²) in [6, 6.07) is 5.03. The Labute approximate surface area is 112 Å². The first kappa shape index (κ1) is 12.6. The van der Waals surface area contributed by atoms with Gasteiger partial charge in [-0.1, -0.05) is 5.16 Å². The molecule has 6 nitrogen and oxygen atoms in total. The topological polar surface area (TPSA) is 94.0 Å². The van der Waals surface area contributed by atoms with Crippen LogP contribution in [0.4, 0.5) is 5.69 Å². The number of halogens is 1. The lowest BCUT2D eigenvalue weighted by Crippen LogP contribution is -2.23. The summed E-state index contributed by atoms with van der Waals surface area (Å²) >= 11 is 3.30. The second-order valence-corrected chi connectivity index (χ2v) is 4.51. The molecule has 94 valence electrons. The first-order chi connectivity index (χ1) is 8.56. The Morgan fingerprint density at radius 3 is 3.00 bits per heavy atom. The second kappa shape index (κ2) is 5.18. The van der Waals surface area contributed by atoms with Gasteiger partial charge in [-0.15, -0.1) is 0 Å². The smallest absolute Gasteiger partial charge is 0.252 e. The molecule has 0 aliphatic rings. The maximum atomic E-state index is 11.9. The maximum absolute atomic E-state index is 11.9. The normalized spacial score (nSPS) is 10.3. The van der Waals surface area contributed by atoms with Crippen LogP contribution < -0.4 is 11.1 Å². The standard InChI is InChI=1S/C11H11BrN4O2/c1-6-15-10(16-18-6)5-14-11(17)8-4-7(13)2-3-9(8)12/h2-4H,5,13H2,1H3,(H,14,17). The monoisotopic (exact) mass is 310 g/mol. The summed E-state index contributed by atoms with van der Waals surface area (Å²) in [5.74, 6) is 0.641. The molecular weight excluding hydrogens is 300 g/mol. The third-order valence-corrected chi connectivity index (χ3v) is 2.90. The highest BCUT2D eigenvalue weighted by atomic mass is 79.9. The SMILES string of the molecule is Cc1nc(CNC(=O)c2cc(N)ccc2Br)no1. The summed E-state index contributed by atoms with van der Waals surface area (Å²) < 4.78 is 5.48. The Morgan fingerprint density at radius 1 is 1.56 bits per heavy atom. The number of aromatic nitrogens is 2. The largest absolute Gasteiger partial charge is 0.399 e. The molecule has 0 saturated carbocycles. The molecule has 1 aromatic heterocycles. The molecule has 1 amide bonds. The van der Waals surface area contributed by atoms with Gasteiger partial charge >= 0.3 is 0 Å². The van der Waals surface area contributed by atoms with Gasteiger partial charge in [0, 0.05) is 17.1 Å². The lowest BCUT2D eigenvalue weighted by atomic mass is 10.2. The first-order valence-corrected chi connectivity index (χ1v) is 5.98. The summed E-state index contributed by atoms with van der Waals surface area (Å²) in [5, 5.41) is 6.37. The fraction of sp³-hybridized carbons (Fsp3) is 0.182. The molecule has 0 aliphatic carbocycles. The van der Waals surface area contributed by atoms with Gasteiger partial charge in [-0.3, -0.25) is 4.79 Å².